The topological polar surface area (TPSA) is 102 Å². The van der Waals surface area contributed by atoms with Gasteiger partial charge in [0.1, 0.15) is 12.1 Å². The van der Waals surface area contributed by atoms with E-state index in [0.29, 0.717) is 0 Å². The highest BCUT2D eigenvalue weighted by Crippen LogP contribution is 2.10. The van der Waals surface area contributed by atoms with E-state index < -0.39 is 23.6 Å². The van der Waals surface area contributed by atoms with Gasteiger partial charge in [0.05, 0.1) is 12.7 Å². The van der Waals surface area contributed by atoms with Crippen molar-refractivity contribution in [2.75, 3.05) is 13.2 Å². The van der Waals surface area contributed by atoms with Crippen LogP contribution in [0.5, 0.6) is 0 Å². The lowest BCUT2D eigenvalue weighted by atomic mass is 10.1. The molecule has 0 saturated carbocycles. The van der Waals surface area contributed by atoms with E-state index >= 15 is 0 Å². The molecule has 7 nitrogen and oxygen atoms in total. The van der Waals surface area contributed by atoms with Gasteiger partial charge in [-0.25, -0.2) is 0 Å². The van der Waals surface area contributed by atoms with Crippen LogP contribution in [0.1, 0.15) is 33.6 Å². The molecule has 2 N–H and O–H groups in total. The summed E-state index contributed by atoms with van der Waals surface area (Å²) in [6, 6.07) is -0.817. The van der Waals surface area contributed by atoms with Crippen LogP contribution < -0.4 is 5.32 Å². The molecule has 0 fully saturated rings. The first kappa shape index (κ1) is 16.8. The maximum Gasteiger partial charge on any atom is 0.226 e. The van der Waals surface area contributed by atoms with Crippen molar-refractivity contribution in [1.82, 2.24) is 5.32 Å². The second-order valence-corrected chi connectivity index (χ2v) is 4.12. The third-order valence-corrected chi connectivity index (χ3v) is 2.64. The molecule has 7 heteroatoms. The third-order valence-electron chi connectivity index (χ3n) is 2.64. The van der Waals surface area contributed by atoms with Crippen LogP contribution in [0.3, 0.4) is 0 Å². The number of nitrogens with one attached hydrogen (secondary N) is 1. The second-order valence-electron chi connectivity index (χ2n) is 4.12. The van der Waals surface area contributed by atoms with Crippen molar-refractivity contribution in [2.45, 2.75) is 51.9 Å². The Morgan fingerprint density at radius 1 is 1.44 bits per heavy atom. The van der Waals surface area contributed by atoms with Gasteiger partial charge < -0.3 is 15.2 Å². The monoisotopic (exact) mass is 262 g/mol. The van der Waals surface area contributed by atoms with Crippen molar-refractivity contribution in [1.29, 1.82) is 0 Å². The second kappa shape index (κ2) is 8.82. The van der Waals surface area contributed by atoms with Gasteiger partial charge >= 0.3 is 0 Å². The van der Waals surface area contributed by atoms with Gasteiger partial charge in [0.25, 0.3) is 0 Å². The Morgan fingerprint density at radius 2 is 2.00 bits per heavy atom. The number of carbonyl (C=O) groups is 1. The molecule has 0 aromatic heterocycles. The quantitative estimate of drug-likeness (QED) is 0.460. The Bertz CT molecular complexity index is 252. The van der Waals surface area contributed by atoms with Crippen LogP contribution in [0.25, 0.3) is 0 Å². The summed E-state index contributed by atoms with van der Waals surface area (Å²) in [6.45, 7) is 4.31. The molecule has 0 aromatic rings. The summed E-state index contributed by atoms with van der Waals surface area (Å²) in [5.41, 5.74) is 0. The lowest BCUT2D eigenvalue weighted by molar-refractivity contribution is -0.485. The van der Waals surface area contributed by atoms with Gasteiger partial charge in [0, 0.05) is 11.8 Å². The van der Waals surface area contributed by atoms with Crippen LogP contribution in [0.15, 0.2) is 0 Å². The zero-order valence-electron chi connectivity index (χ0n) is 11.1. The fourth-order valence-electron chi connectivity index (χ4n) is 1.67. The summed E-state index contributed by atoms with van der Waals surface area (Å²) >= 11 is 0. The highest BCUT2D eigenvalue weighted by molar-refractivity contribution is 5.73. The SMILES string of the molecule is CCC(CC)O[C@@H](CO)[C@@H](C[N+](=O)[O-])NC(C)=O. The Morgan fingerprint density at radius 3 is 2.33 bits per heavy atom. The molecule has 0 aliphatic rings. The number of amides is 1. The summed E-state index contributed by atoms with van der Waals surface area (Å²) in [5, 5.41) is 22.3. The molecule has 0 heterocycles. The van der Waals surface area contributed by atoms with Gasteiger partial charge in [0.15, 0.2) is 0 Å². The molecule has 18 heavy (non-hydrogen) atoms. The van der Waals surface area contributed by atoms with E-state index in [4.69, 9.17) is 4.74 Å². The number of ether oxygens (including phenoxy) is 1. The van der Waals surface area contributed by atoms with E-state index in [2.05, 4.69) is 5.32 Å². The predicted octanol–water partition coefficient (Wildman–Crippen LogP) is 0.334. The molecule has 1 amide bonds. The van der Waals surface area contributed by atoms with E-state index in [1.54, 1.807) is 0 Å². The lowest BCUT2D eigenvalue weighted by Crippen LogP contribution is -2.50. The van der Waals surface area contributed by atoms with Gasteiger partial charge in [0.2, 0.25) is 12.5 Å². The maximum absolute atomic E-state index is 11.0. The number of hydrogen-bond acceptors (Lipinski definition) is 5. The molecule has 0 aromatic carbocycles. The van der Waals surface area contributed by atoms with E-state index in [9.17, 15) is 20.0 Å². The smallest absolute Gasteiger partial charge is 0.226 e. The highest BCUT2D eigenvalue weighted by atomic mass is 16.6. The van der Waals surface area contributed by atoms with Crippen LogP contribution in [0.4, 0.5) is 0 Å². The zero-order chi connectivity index (χ0) is 14.1. The van der Waals surface area contributed by atoms with Crippen molar-refractivity contribution >= 4 is 5.91 Å². The summed E-state index contributed by atoms with van der Waals surface area (Å²) in [4.78, 5) is 21.0. The normalized spacial score (nSPS) is 14.3. The van der Waals surface area contributed by atoms with Crippen molar-refractivity contribution in [3.05, 3.63) is 10.1 Å². The Balaban J connectivity index is 4.67. The van der Waals surface area contributed by atoms with E-state index in [0.717, 1.165) is 12.8 Å². The fourth-order valence-corrected chi connectivity index (χ4v) is 1.67. The lowest BCUT2D eigenvalue weighted by Gasteiger charge is -2.27. The Kier molecular flexibility index (Phi) is 8.23. The van der Waals surface area contributed by atoms with Gasteiger partial charge in [-0.05, 0) is 12.8 Å². The van der Waals surface area contributed by atoms with Crippen LogP contribution in [-0.2, 0) is 9.53 Å². The molecular formula is C11H22N2O5. The van der Waals surface area contributed by atoms with Crippen LogP contribution >= 0.6 is 0 Å². The maximum atomic E-state index is 11.0. The molecule has 0 aliphatic carbocycles. The molecule has 0 saturated heterocycles. The van der Waals surface area contributed by atoms with Crippen LogP contribution in [0.2, 0.25) is 0 Å². The number of aliphatic hydroxyl groups excluding tert-OH is 1. The first-order chi connectivity index (χ1) is 8.44. The third kappa shape index (κ3) is 6.51. The predicted molar refractivity (Wildman–Crippen MR) is 65.8 cm³/mol. The highest BCUT2D eigenvalue weighted by Gasteiger charge is 2.29. The number of hydrogen-bond donors (Lipinski definition) is 2. The fraction of sp³-hybridized carbons (Fsp3) is 0.909. The molecule has 0 spiro atoms. The van der Waals surface area contributed by atoms with Crippen molar-refractivity contribution < 1.29 is 19.6 Å². The van der Waals surface area contributed by atoms with Crippen molar-refractivity contribution in [3.63, 3.8) is 0 Å². The summed E-state index contributed by atoms with van der Waals surface area (Å²) in [7, 11) is 0. The minimum absolute atomic E-state index is 0.0786. The standard InChI is InChI=1S/C11H22N2O5/c1-4-9(5-2)18-11(7-14)10(6-13(16)17)12-8(3)15/h9-11,14H,4-7H2,1-3H3,(H,12,15)/t10-,11+/m1/s1. The number of nitrogens with zero attached hydrogens (tertiary/aromatic N) is 1. The minimum atomic E-state index is -0.817. The van der Waals surface area contributed by atoms with Crippen molar-refractivity contribution in [2.24, 2.45) is 0 Å². The summed E-state index contributed by atoms with van der Waals surface area (Å²) in [5.74, 6) is -0.381. The van der Waals surface area contributed by atoms with Gasteiger partial charge in [-0.3, -0.25) is 14.9 Å². The van der Waals surface area contributed by atoms with E-state index in [1.807, 2.05) is 13.8 Å². The Labute approximate surface area is 107 Å². The molecule has 0 rings (SSSR count). The first-order valence-electron chi connectivity index (χ1n) is 6.09. The molecule has 0 aliphatic heterocycles. The average molecular weight is 262 g/mol. The van der Waals surface area contributed by atoms with Gasteiger partial charge in [-0.1, -0.05) is 13.8 Å². The molecule has 106 valence electrons. The van der Waals surface area contributed by atoms with Crippen LogP contribution in [0, 0.1) is 10.1 Å². The minimum Gasteiger partial charge on any atom is -0.394 e. The Hall–Kier alpha value is -1.21. The summed E-state index contributed by atoms with van der Waals surface area (Å²) in [6.07, 6.45) is 0.658. The largest absolute Gasteiger partial charge is 0.394 e. The number of nitro groups is 1. The van der Waals surface area contributed by atoms with E-state index in [-0.39, 0.29) is 18.6 Å². The molecule has 2 atom stereocenters. The summed E-state index contributed by atoms with van der Waals surface area (Å²) < 4.78 is 5.59. The molecule has 0 unspecified atom stereocenters. The van der Waals surface area contributed by atoms with Crippen molar-refractivity contribution in [3.8, 4) is 0 Å². The van der Waals surface area contributed by atoms with Gasteiger partial charge in [-0.2, -0.15) is 0 Å². The van der Waals surface area contributed by atoms with E-state index in [1.165, 1.54) is 6.92 Å². The number of rotatable bonds is 9. The molecular weight excluding hydrogens is 240 g/mol. The molecule has 0 bridgehead atoms. The van der Waals surface area contributed by atoms with Gasteiger partial charge in [-0.15, -0.1) is 0 Å². The first-order valence-corrected chi connectivity index (χ1v) is 6.09. The molecule has 0 radical (unpaired) electrons. The number of aliphatic hydroxyl groups is 1. The number of carbonyl (C=O) groups excluding carboxylic acids is 1. The van der Waals surface area contributed by atoms with Crippen LogP contribution in [-0.4, -0.2) is 47.3 Å². The zero-order valence-corrected chi connectivity index (χ0v) is 11.1. The average Bonchev–Trinajstić information content (AvgIpc) is 2.28.